The van der Waals surface area contributed by atoms with Gasteiger partial charge in [0.2, 0.25) is 0 Å². The summed E-state index contributed by atoms with van der Waals surface area (Å²) in [6.45, 7) is 9.19. The zero-order valence-corrected chi connectivity index (χ0v) is 19.9. The Kier molecular flexibility index (Phi) is 5.45. The van der Waals surface area contributed by atoms with E-state index in [1.165, 1.54) is 12.4 Å². The molecule has 9 heteroatoms. The summed E-state index contributed by atoms with van der Waals surface area (Å²) >= 11 is 0. The van der Waals surface area contributed by atoms with Crippen LogP contribution < -0.4 is 4.90 Å². The van der Waals surface area contributed by atoms with Gasteiger partial charge in [-0.05, 0) is 64.2 Å². The van der Waals surface area contributed by atoms with Gasteiger partial charge in [0.25, 0.3) is 0 Å². The second-order valence-electron chi connectivity index (χ2n) is 10.2. The first kappa shape index (κ1) is 22.6. The minimum absolute atomic E-state index is 0.0133. The van der Waals surface area contributed by atoms with Gasteiger partial charge in [0.15, 0.2) is 11.6 Å². The van der Waals surface area contributed by atoms with Crippen LogP contribution in [0.5, 0.6) is 0 Å². The van der Waals surface area contributed by atoms with Crippen LogP contribution >= 0.6 is 0 Å². The van der Waals surface area contributed by atoms with E-state index < -0.39 is 17.2 Å². The van der Waals surface area contributed by atoms with Crippen molar-refractivity contribution >= 4 is 22.9 Å². The zero-order chi connectivity index (χ0) is 24.2. The van der Waals surface area contributed by atoms with Gasteiger partial charge in [0.1, 0.15) is 23.4 Å². The fourth-order valence-corrected chi connectivity index (χ4v) is 4.62. The number of piperazine rings is 1. The summed E-state index contributed by atoms with van der Waals surface area (Å²) in [5.41, 5.74) is 1.18. The maximum atomic E-state index is 14.7. The molecule has 3 aromatic rings. The van der Waals surface area contributed by atoms with E-state index in [0.29, 0.717) is 31.2 Å². The van der Waals surface area contributed by atoms with Crippen LogP contribution in [0.2, 0.25) is 0 Å². The lowest BCUT2D eigenvalue weighted by Gasteiger charge is -2.41. The normalized spacial score (nSPS) is 19.1. The van der Waals surface area contributed by atoms with Crippen molar-refractivity contribution < 1.29 is 18.3 Å². The maximum absolute atomic E-state index is 14.7. The fourth-order valence-electron chi connectivity index (χ4n) is 4.62. The molecule has 1 amide bonds. The van der Waals surface area contributed by atoms with Gasteiger partial charge < -0.3 is 14.5 Å². The molecule has 34 heavy (non-hydrogen) atoms. The Morgan fingerprint density at radius 1 is 1.15 bits per heavy atom. The van der Waals surface area contributed by atoms with Crippen molar-refractivity contribution in [1.29, 1.82) is 0 Å². The molecular formula is C25H29F2N5O2. The summed E-state index contributed by atoms with van der Waals surface area (Å²) in [6.07, 6.45) is 5.11. The number of aromatic nitrogens is 3. The molecule has 5 rings (SSSR count). The lowest BCUT2D eigenvalue weighted by atomic mass is 10.1. The SMILES string of the molecule is C[C@H]1CN(C(=O)OC(C)(C)C)CCN1c1ncnc2c1c(C1CC1)cn2-c1cccc(F)c1F. The molecule has 1 atom stereocenters. The van der Waals surface area contributed by atoms with Gasteiger partial charge >= 0.3 is 6.09 Å². The van der Waals surface area contributed by atoms with Crippen molar-refractivity contribution in [1.82, 2.24) is 19.4 Å². The summed E-state index contributed by atoms with van der Waals surface area (Å²) in [5.74, 6) is -0.683. The van der Waals surface area contributed by atoms with Crippen LogP contribution in [0, 0.1) is 11.6 Å². The van der Waals surface area contributed by atoms with Crippen LogP contribution in [0.3, 0.4) is 0 Å². The molecule has 2 aromatic heterocycles. The number of ether oxygens (including phenoxy) is 1. The molecule has 1 aromatic carbocycles. The number of fused-ring (bicyclic) bond motifs is 1. The monoisotopic (exact) mass is 469 g/mol. The Bertz CT molecular complexity index is 1250. The van der Waals surface area contributed by atoms with E-state index in [-0.39, 0.29) is 17.8 Å². The maximum Gasteiger partial charge on any atom is 0.410 e. The first-order valence-electron chi connectivity index (χ1n) is 11.7. The molecule has 3 heterocycles. The molecule has 2 aliphatic rings. The summed E-state index contributed by atoms with van der Waals surface area (Å²) in [7, 11) is 0. The van der Waals surface area contributed by atoms with E-state index in [1.807, 2.05) is 33.9 Å². The van der Waals surface area contributed by atoms with Crippen LogP contribution in [0.25, 0.3) is 16.7 Å². The molecule has 0 N–H and O–H groups in total. The number of anilines is 1. The highest BCUT2D eigenvalue weighted by atomic mass is 19.2. The van der Waals surface area contributed by atoms with Gasteiger partial charge in [-0.15, -0.1) is 0 Å². The Hall–Kier alpha value is -3.23. The van der Waals surface area contributed by atoms with Gasteiger partial charge in [0.05, 0.1) is 11.1 Å². The molecule has 0 unspecified atom stereocenters. The zero-order valence-electron chi connectivity index (χ0n) is 19.9. The molecule has 0 spiro atoms. The summed E-state index contributed by atoms with van der Waals surface area (Å²) < 4.78 is 35.9. The van der Waals surface area contributed by atoms with Gasteiger partial charge in [-0.25, -0.2) is 23.5 Å². The predicted octanol–water partition coefficient (Wildman–Crippen LogP) is 5.02. The van der Waals surface area contributed by atoms with E-state index in [9.17, 15) is 13.6 Å². The number of carbonyl (C=O) groups is 1. The quantitative estimate of drug-likeness (QED) is 0.539. The smallest absolute Gasteiger partial charge is 0.410 e. The topological polar surface area (TPSA) is 63.5 Å². The average molecular weight is 470 g/mol. The van der Waals surface area contributed by atoms with Crippen molar-refractivity contribution in [3.63, 3.8) is 0 Å². The lowest BCUT2D eigenvalue weighted by Crippen LogP contribution is -2.54. The van der Waals surface area contributed by atoms with Crippen molar-refractivity contribution in [3.05, 3.63) is 47.9 Å². The minimum Gasteiger partial charge on any atom is -0.444 e. The Morgan fingerprint density at radius 2 is 1.91 bits per heavy atom. The first-order valence-corrected chi connectivity index (χ1v) is 11.7. The second kappa shape index (κ2) is 8.21. The highest BCUT2D eigenvalue weighted by Crippen LogP contribution is 2.46. The highest BCUT2D eigenvalue weighted by molar-refractivity contribution is 5.93. The Labute approximate surface area is 197 Å². The summed E-state index contributed by atoms with van der Waals surface area (Å²) in [4.78, 5) is 25.6. The van der Waals surface area contributed by atoms with Crippen LogP contribution in [0.15, 0.2) is 30.7 Å². The Balaban J connectivity index is 1.52. The van der Waals surface area contributed by atoms with Crippen molar-refractivity contribution in [2.45, 2.75) is 58.1 Å². The Morgan fingerprint density at radius 3 is 2.59 bits per heavy atom. The van der Waals surface area contributed by atoms with Crippen molar-refractivity contribution in [2.75, 3.05) is 24.5 Å². The van der Waals surface area contributed by atoms with Crippen LogP contribution in [-0.4, -0.2) is 56.8 Å². The third-order valence-corrected chi connectivity index (χ3v) is 6.35. The average Bonchev–Trinajstić information content (AvgIpc) is 3.55. The molecule has 180 valence electrons. The third-order valence-electron chi connectivity index (χ3n) is 6.35. The van der Waals surface area contributed by atoms with Crippen LogP contribution in [0.4, 0.5) is 19.4 Å². The third kappa shape index (κ3) is 4.08. The molecule has 1 saturated carbocycles. The number of amides is 1. The number of nitrogens with zero attached hydrogens (tertiary/aromatic N) is 5. The van der Waals surface area contributed by atoms with Crippen molar-refractivity contribution in [2.24, 2.45) is 0 Å². The van der Waals surface area contributed by atoms with E-state index in [1.54, 1.807) is 15.5 Å². The van der Waals surface area contributed by atoms with Crippen LogP contribution in [0.1, 0.15) is 52.0 Å². The number of rotatable bonds is 3. The predicted molar refractivity (Wildman–Crippen MR) is 125 cm³/mol. The number of benzene rings is 1. The van der Waals surface area contributed by atoms with Gasteiger partial charge in [0, 0.05) is 31.9 Å². The summed E-state index contributed by atoms with van der Waals surface area (Å²) in [5, 5.41) is 0.867. The standard InChI is InChI=1S/C25H29F2N5O2/c1-15-12-30(24(33)34-25(2,3)4)10-11-31(15)22-20-17(16-8-9-16)13-32(23(20)29-14-28-22)19-7-5-6-18(26)21(19)27/h5-7,13-16H,8-12H2,1-4H3/t15-/m0/s1. The van der Waals surface area contributed by atoms with Gasteiger partial charge in [-0.3, -0.25) is 4.57 Å². The number of carbonyl (C=O) groups excluding carboxylic acids is 1. The number of hydrogen-bond donors (Lipinski definition) is 0. The van der Waals surface area contributed by atoms with Crippen molar-refractivity contribution in [3.8, 4) is 5.69 Å². The highest BCUT2D eigenvalue weighted by Gasteiger charge is 2.35. The second-order valence-corrected chi connectivity index (χ2v) is 10.2. The van der Waals surface area contributed by atoms with E-state index in [0.717, 1.165) is 35.7 Å². The summed E-state index contributed by atoms with van der Waals surface area (Å²) in [6, 6.07) is 4.15. The minimum atomic E-state index is -0.902. The largest absolute Gasteiger partial charge is 0.444 e. The molecule has 1 saturated heterocycles. The molecule has 1 aliphatic carbocycles. The first-order chi connectivity index (χ1) is 16.1. The molecule has 0 bridgehead atoms. The molecule has 0 radical (unpaired) electrons. The fraction of sp³-hybridized carbons (Fsp3) is 0.480. The number of halogens is 2. The molecule has 2 fully saturated rings. The van der Waals surface area contributed by atoms with Gasteiger partial charge in [-0.2, -0.15) is 0 Å². The number of hydrogen-bond acceptors (Lipinski definition) is 5. The van der Waals surface area contributed by atoms with E-state index >= 15 is 0 Å². The molecular weight excluding hydrogens is 440 g/mol. The van der Waals surface area contributed by atoms with Crippen LogP contribution in [-0.2, 0) is 4.74 Å². The van der Waals surface area contributed by atoms with E-state index in [2.05, 4.69) is 14.9 Å². The van der Waals surface area contributed by atoms with Gasteiger partial charge in [-0.1, -0.05) is 6.07 Å². The molecule has 1 aliphatic heterocycles. The lowest BCUT2D eigenvalue weighted by molar-refractivity contribution is 0.0218. The van der Waals surface area contributed by atoms with E-state index in [4.69, 9.17) is 4.74 Å². The molecule has 7 nitrogen and oxygen atoms in total.